The lowest BCUT2D eigenvalue weighted by Gasteiger charge is -2.08. The molecule has 0 heterocycles. The molecule has 1 N–H and O–H groups in total. The van der Waals surface area contributed by atoms with E-state index in [0.29, 0.717) is 52.9 Å². The zero-order valence-corrected chi connectivity index (χ0v) is 19.4. The summed E-state index contributed by atoms with van der Waals surface area (Å²) in [4.78, 5) is 0. The quantitative estimate of drug-likeness (QED) is 0.163. The molecular weight excluding hydrogens is 416 g/mol. The largest absolute Gasteiger partial charge is 0.397 e. The van der Waals surface area contributed by atoms with E-state index in [-0.39, 0.29) is 13.2 Å². The van der Waals surface area contributed by atoms with Crippen LogP contribution < -0.4 is 0 Å². The van der Waals surface area contributed by atoms with Gasteiger partial charge in [0.2, 0.25) is 0 Å². The molecule has 0 unspecified atom stereocenters. The Labute approximate surface area is 182 Å². The second kappa shape index (κ2) is 23.3. The van der Waals surface area contributed by atoms with E-state index in [0.717, 1.165) is 13.0 Å². The number of rotatable bonds is 25. The Bertz CT molecular complexity index is 432. The van der Waals surface area contributed by atoms with Gasteiger partial charge in [-0.3, -0.25) is 4.55 Å². The predicted molar refractivity (Wildman–Crippen MR) is 114 cm³/mol. The zero-order chi connectivity index (χ0) is 22.2. The van der Waals surface area contributed by atoms with Crippen LogP contribution in [0.25, 0.3) is 0 Å². The summed E-state index contributed by atoms with van der Waals surface area (Å²) in [6.45, 7) is 6.67. The Morgan fingerprint density at radius 3 is 1.23 bits per heavy atom. The van der Waals surface area contributed by atoms with Crippen molar-refractivity contribution in [2.45, 2.75) is 58.3 Å². The van der Waals surface area contributed by atoms with Crippen LogP contribution in [0.1, 0.15) is 58.3 Å². The molecule has 0 bridgehead atoms. The fourth-order valence-electron chi connectivity index (χ4n) is 2.52. The average Bonchev–Trinajstić information content (AvgIpc) is 2.70. The maximum absolute atomic E-state index is 10.3. The van der Waals surface area contributed by atoms with Crippen LogP contribution in [0.4, 0.5) is 0 Å². The van der Waals surface area contributed by atoms with Gasteiger partial charge >= 0.3 is 10.4 Å². The Balaban J connectivity index is 3.03. The third kappa shape index (κ3) is 27.7. The minimum atomic E-state index is -4.40. The van der Waals surface area contributed by atoms with Gasteiger partial charge in [0.25, 0.3) is 0 Å². The molecule has 0 saturated heterocycles. The highest BCUT2D eigenvalue weighted by Crippen LogP contribution is 2.08. The maximum atomic E-state index is 10.3. The van der Waals surface area contributed by atoms with Crippen LogP contribution in [0.3, 0.4) is 0 Å². The fourth-order valence-corrected chi connectivity index (χ4v) is 2.80. The van der Waals surface area contributed by atoms with Crippen LogP contribution in [-0.2, 0) is 38.3 Å². The molecule has 0 aromatic carbocycles. The molecule has 0 aromatic rings. The molecule has 9 nitrogen and oxygen atoms in total. The third-order valence-corrected chi connectivity index (χ3v) is 4.55. The van der Waals surface area contributed by atoms with E-state index in [4.69, 9.17) is 28.2 Å². The Kier molecular flexibility index (Phi) is 23.1. The van der Waals surface area contributed by atoms with E-state index in [2.05, 4.69) is 11.1 Å². The zero-order valence-electron chi connectivity index (χ0n) is 18.6. The number of hydrogen-bond donors (Lipinski definition) is 1. The summed E-state index contributed by atoms with van der Waals surface area (Å²) in [5.41, 5.74) is 0. The normalized spacial score (nSPS) is 11.9. The van der Waals surface area contributed by atoms with Crippen molar-refractivity contribution in [3.8, 4) is 0 Å². The summed E-state index contributed by atoms with van der Waals surface area (Å²) in [5.74, 6) is 0. The van der Waals surface area contributed by atoms with Gasteiger partial charge in [-0.25, -0.2) is 4.18 Å². The molecule has 0 spiro atoms. The van der Waals surface area contributed by atoms with E-state index in [1.165, 1.54) is 44.9 Å². The fraction of sp³-hybridized carbons (Fsp3) is 1.00. The average molecular weight is 459 g/mol. The molecule has 0 aliphatic carbocycles. The van der Waals surface area contributed by atoms with Crippen molar-refractivity contribution < 1.29 is 40.8 Å². The van der Waals surface area contributed by atoms with Crippen molar-refractivity contribution in [1.29, 1.82) is 0 Å². The Hall–Kier alpha value is -0.330. The topological polar surface area (TPSA) is 110 Å². The van der Waals surface area contributed by atoms with Crippen LogP contribution in [0.15, 0.2) is 0 Å². The van der Waals surface area contributed by atoms with Crippen molar-refractivity contribution >= 4 is 10.4 Å². The summed E-state index contributed by atoms with van der Waals surface area (Å²) < 4.78 is 59.7. The van der Waals surface area contributed by atoms with Crippen molar-refractivity contribution in [1.82, 2.24) is 0 Å². The van der Waals surface area contributed by atoms with E-state index in [1.54, 1.807) is 0 Å². The molecular formula is C20H42O9S. The molecule has 0 saturated carbocycles. The molecule has 0 fully saturated rings. The lowest BCUT2D eigenvalue weighted by atomic mass is 10.1. The molecule has 0 amide bonds. The van der Waals surface area contributed by atoms with Gasteiger partial charge in [0, 0.05) is 6.61 Å². The van der Waals surface area contributed by atoms with Gasteiger partial charge in [-0.05, 0) is 6.42 Å². The molecule has 10 heteroatoms. The van der Waals surface area contributed by atoms with Crippen LogP contribution in [0, 0.1) is 0 Å². The van der Waals surface area contributed by atoms with Crippen molar-refractivity contribution in [2.24, 2.45) is 0 Å². The van der Waals surface area contributed by atoms with Gasteiger partial charge in [0.15, 0.2) is 0 Å². The Morgan fingerprint density at radius 2 is 0.833 bits per heavy atom. The smallest absolute Gasteiger partial charge is 0.379 e. The van der Waals surface area contributed by atoms with E-state index < -0.39 is 10.4 Å². The molecule has 0 aliphatic heterocycles. The first-order valence-electron chi connectivity index (χ1n) is 11.1. The lowest BCUT2D eigenvalue weighted by Crippen LogP contribution is -2.14. The molecule has 0 aliphatic rings. The SMILES string of the molecule is CCCCCCCCCCOCCOCCOCCOCCOCCOS(=O)(=O)O. The number of ether oxygens (including phenoxy) is 5. The molecule has 0 rings (SSSR count). The van der Waals surface area contributed by atoms with Crippen LogP contribution in [-0.4, -0.2) is 85.6 Å². The second-order valence-corrected chi connectivity index (χ2v) is 7.88. The lowest BCUT2D eigenvalue weighted by molar-refractivity contribution is -0.0129. The third-order valence-electron chi connectivity index (χ3n) is 4.09. The molecule has 0 radical (unpaired) electrons. The molecule has 182 valence electrons. The molecule has 0 aromatic heterocycles. The van der Waals surface area contributed by atoms with Crippen molar-refractivity contribution in [2.75, 3.05) is 72.7 Å². The van der Waals surface area contributed by atoms with Gasteiger partial charge in [-0.1, -0.05) is 51.9 Å². The number of hydrogen-bond acceptors (Lipinski definition) is 8. The van der Waals surface area contributed by atoms with E-state index in [9.17, 15) is 8.42 Å². The highest BCUT2D eigenvalue weighted by atomic mass is 32.3. The first kappa shape index (κ1) is 29.7. The summed E-state index contributed by atoms with van der Waals surface area (Å²) >= 11 is 0. The van der Waals surface area contributed by atoms with Crippen LogP contribution in [0.2, 0.25) is 0 Å². The van der Waals surface area contributed by atoms with Crippen molar-refractivity contribution in [3.05, 3.63) is 0 Å². The van der Waals surface area contributed by atoms with Gasteiger partial charge < -0.3 is 23.7 Å². The van der Waals surface area contributed by atoms with Gasteiger partial charge in [-0.2, -0.15) is 8.42 Å². The van der Waals surface area contributed by atoms with Crippen LogP contribution in [0.5, 0.6) is 0 Å². The summed E-state index contributed by atoms with van der Waals surface area (Å²) in [5, 5.41) is 0. The van der Waals surface area contributed by atoms with Gasteiger partial charge in [-0.15, -0.1) is 0 Å². The summed E-state index contributed by atoms with van der Waals surface area (Å²) in [6, 6.07) is 0. The molecule has 0 atom stereocenters. The first-order chi connectivity index (χ1) is 14.6. The standard InChI is InChI=1S/C20H42O9S/c1-2-3-4-5-6-7-8-9-10-24-11-12-25-13-14-26-15-16-27-17-18-28-19-20-29-30(21,22)23/h2-20H2,1H3,(H,21,22,23). The number of unbranched alkanes of at least 4 members (excludes halogenated alkanes) is 7. The van der Waals surface area contributed by atoms with Crippen molar-refractivity contribution in [3.63, 3.8) is 0 Å². The van der Waals surface area contributed by atoms with E-state index in [1.807, 2.05) is 0 Å². The first-order valence-corrected chi connectivity index (χ1v) is 12.4. The second-order valence-electron chi connectivity index (χ2n) is 6.79. The highest BCUT2D eigenvalue weighted by molar-refractivity contribution is 7.80. The van der Waals surface area contributed by atoms with Gasteiger partial charge in [0.1, 0.15) is 0 Å². The predicted octanol–water partition coefficient (Wildman–Crippen LogP) is 3.03. The van der Waals surface area contributed by atoms with Crippen LogP contribution >= 0.6 is 0 Å². The summed E-state index contributed by atoms with van der Waals surface area (Å²) in [7, 11) is -4.40. The maximum Gasteiger partial charge on any atom is 0.397 e. The Morgan fingerprint density at radius 1 is 0.500 bits per heavy atom. The monoisotopic (exact) mass is 458 g/mol. The van der Waals surface area contributed by atoms with E-state index >= 15 is 0 Å². The minimum absolute atomic E-state index is 0.0554. The minimum Gasteiger partial charge on any atom is -0.379 e. The molecule has 30 heavy (non-hydrogen) atoms. The highest BCUT2D eigenvalue weighted by Gasteiger charge is 2.02. The summed E-state index contributed by atoms with van der Waals surface area (Å²) in [6.07, 6.45) is 10.4. The van der Waals surface area contributed by atoms with Gasteiger partial charge in [0.05, 0.1) is 66.1 Å².